The molecule has 7 rings (SSSR count). The van der Waals surface area contributed by atoms with E-state index < -0.39 is 86.0 Å². The number of carbonyl (C=O) groups is 1. The normalized spacial score (nSPS) is 53.1. The van der Waals surface area contributed by atoms with Crippen molar-refractivity contribution < 1.29 is 64.6 Å². The topological polar surface area (TPSA) is 216 Å². The Morgan fingerprint density at radius 3 is 1.91 bits per heavy atom. The second kappa shape index (κ2) is 14.2. The third-order valence-corrected chi connectivity index (χ3v) is 17.2. The fourth-order valence-electron chi connectivity index (χ4n) is 13.6. The predicted octanol–water partition coefficient (Wildman–Crippen LogP) is 2.32. The van der Waals surface area contributed by atoms with Gasteiger partial charge in [0.2, 0.25) is 6.29 Å². The van der Waals surface area contributed by atoms with E-state index in [9.17, 15) is 45.6 Å². The number of aliphatic hydroxyl groups excluding tert-OH is 8. The number of ether oxygens (including phenoxy) is 4. The van der Waals surface area contributed by atoms with Crippen molar-refractivity contribution in [2.75, 3.05) is 13.2 Å². The molecule has 4 saturated carbocycles. The lowest BCUT2D eigenvalue weighted by molar-refractivity contribution is -0.330. The molecule has 2 saturated heterocycles. The molecule has 55 heavy (non-hydrogen) atoms. The number of hydrogen-bond acceptors (Lipinski definition) is 13. The molecule has 13 heteroatoms. The van der Waals surface area contributed by atoms with Crippen LogP contribution in [0.1, 0.15) is 113 Å². The van der Waals surface area contributed by atoms with Crippen LogP contribution >= 0.6 is 0 Å². The first kappa shape index (κ1) is 41.9. The summed E-state index contributed by atoms with van der Waals surface area (Å²) in [5.41, 5.74) is -0.147. The maximum absolute atomic E-state index is 14.6. The lowest BCUT2D eigenvalue weighted by Crippen LogP contribution is -2.66. The minimum atomic E-state index is -1.66. The van der Waals surface area contributed by atoms with E-state index >= 15 is 0 Å². The monoisotopic (exact) mass is 780 g/mol. The van der Waals surface area contributed by atoms with Gasteiger partial charge in [0.1, 0.15) is 48.8 Å². The van der Waals surface area contributed by atoms with E-state index in [1.54, 1.807) is 0 Å². The molecule has 18 atom stereocenters. The van der Waals surface area contributed by atoms with E-state index in [1.165, 1.54) is 5.57 Å². The Labute approximate surface area is 325 Å². The van der Waals surface area contributed by atoms with Crippen LogP contribution < -0.4 is 0 Å². The number of rotatable bonds is 6. The zero-order chi connectivity index (χ0) is 40.3. The second-order valence-electron chi connectivity index (χ2n) is 20.7. The van der Waals surface area contributed by atoms with Crippen LogP contribution in [0, 0.1) is 50.2 Å². The summed E-state index contributed by atoms with van der Waals surface area (Å²) in [4.78, 5) is 14.6. The number of hydrogen-bond donors (Lipinski definition) is 8. The molecule has 0 amide bonds. The molecule has 0 bridgehead atoms. The lowest BCUT2D eigenvalue weighted by Gasteiger charge is -2.71. The summed E-state index contributed by atoms with van der Waals surface area (Å²) in [7, 11) is 0. The smallest absolute Gasteiger partial charge is 0.315 e. The Hall–Kier alpha value is -1.23. The van der Waals surface area contributed by atoms with E-state index in [1.807, 2.05) is 0 Å². The van der Waals surface area contributed by atoms with Crippen LogP contribution in [0.15, 0.2) is 11.6 Å². The SMILES string of the molecule is CC1(C)CC[C@]2(C(=O)O[C@H]3O[C@@H](CO)[C@H](O)[C@@H](O)[C@@H]3O)CC[C@]3(C)C(=CC[C@@H]4[C@@]5(C)CC[C@H](O[C@@H]6O[C@H](CO)[C@@H](O)[C@H](O)[C@H]6O)C(C)(C)[C@@H]5CC[C@]43C)[C@@H]2C1. The molecule has 2 heterocycles. The van der Waals surface area contributed by atoms with Gasteiger partial charge < -0.3 is 59.8 Å². The summed E-state index contributed by atoms with van der Waals surface area (Å²) >= 11 is 0. The largest absolute Gasteiger partial charge is 0.432 e. The first-order valence-electron chi connectivity index (χ1n) is 20.8. The summed E-state index contributed by atoms with van der Waals surface area (Å²) in [6, 6.07) is 0. The van der Waals surface area contributed by atoms with Crippen molar-refractivity contribution in [3.63, 3.8) is 0 Å². The van der Waals surface area contributed by atoms with Gasteiger partial charge in [0.15, 0.2) is 6.29 Å². The minimum absolute atomic E-state index is 0.0125. The first-order chi connectivity index (χ1) is 25.6. The van der Waals surface area contributed by atoms with Gasteiger partial charge in [0.25, 0.3) is 0 Å². The summed E-state index contributed by atoms with van der Waals surface area (Å²) in [6.45, 7) is 15.2. The van der Waals surface area contributed by atoms with Crippen LogP contribution in [-0.4, -0.2) is 128 Å². The van der Waals surface area contributed by atoms with E-state index in [-0.39, 0.29) is 45.0 Å². The van der Waals surface area contributed by atoms with Gasteiger partial charge in [0.05, 0.1) is 24.7 Å². The third kappa shape index (κ3) is 6.23. The summed E-state index contributed by atoms with van der Waals surface area (Å²) in [6.07, 6.45) is -3.82. The molecule has 13 nitrogen and oxygen atoms in total. The van der Waals surface area contributed by atoms with E-state index in [4.69, 9.17) is 18.9 Å². The minimum Gasteiger partial charge on any atom is -0.432 e. The molecule has 0 unspecified atom stereocenters. The van der Waals surface area contributed by atoms with E-state index in [2.05, 4.69) is 54.5 Å². The highest BCUT2D eigenvalue weighted by Gasteiger charge is 2.70. The van der Waals surface area contributed by atoms with Crippen LogP contribution in [0.3, 0.4) is 0 Å². The number of allylic oxidation sites excluding steroid dienone is 2. The molecule has 314 valence electrons. The number of carbonyl (C=O) groups excluding carboxylic acids is 1. The van der Waals surface area contributed by atoms with Gasteiger partial charge >= 0.3 is 5.97 Å². The molecule has 2 aliphatic heterocycles. The number of fused-ring (bicyclic) bond motifs is 7. The lowest BCUT2D eigenvalue weighted by atomic mass is 9.33. The highest BCUT2D eigenvalue weighted by molar-refractivity contribution is 5.79. The van der Waals surface area contributed by atoms with Crippen LogP contribution in [-0.2, 0) is 23.7 Å². The maximum atomic E-state index is 14.6. The molecule has 0 aromatic heterocycles. The quantitative estimate of drug-likeness (QED) is 0.111. The Morgan fingerprint density at radius 1 is 0.709 bits per heavy atom. The van der Waals surface area contributed by atoms with Gasteiger partial charge in [-0.15, -0.1) is 0 Å². The molecule has 0 aromatic carbocycles. The van der Waals surface area contributed by atoms with Crippen molar-refractivity contribution in [1.82, 2.24) is 0 Å². The van der Waals surface area contributed by atoms with Crippen LogP contribution in [0.5, 0.6) is 0 Å². The zero-order valence-electron chi connectivity index (χ0n) is 33.8. The van der Waals surface area contributed by atoms with Gasteiger partial charge in [-0.05, 0) is 109 Å². The molecule has 8 N–H and O–H groups in total. The summed E-state index contributed by atoms with van der Waals surface area (Å²) in [5, 5.41) is 82.7. The van der Waals surface area contributed by atoms with E-state index in [0.29, 0.717) is 18.8 Å². The average Bonchev–Trinajstić information content (AvgIpc) is 3.13. The fourth-order valence-corrected chi connectivity index (χ4v) is 13.6. The molecular formula is C42H68O13. The van der Waals surface area contributed by atoms with Gasteiger partial charge in [0, 0.05) is 0 Å². The third-order valence-electron chi connectivity index (χ3n) is 17.2. The van der Waals surface area contributed by atoms with Crippen LogP contribution in [0.4, 0.5) is 0 Å². The summed E-state index contributed by atoms with van der Waals surface area (Å²) in [5.74, 6) is 0.0905. The Morgan fingerprint density at radius 2 is 1.29 bits per heavy atom. The number of esters is 1. The van der Waals surface area contributed by atoms with Crippen molar-refractivity contribution in [2.24, 2.45) is 50.2 Å². The average molecular weight is 781 g/mol. The van der Waals surface area contributed by atoms with E-state index in [0.717, 1.165) is 51.4 Å². The van der Waals surface area contributed by atoms with Gasteiger partial charge in [-0.3, -0.25) is 4.79 Å². The fraction of sp³-hybridized carbons (Fsp3) is 0.929. The first-order valence-corrected chi connectivity index (χ1v) is 20.8. The van der Waals surface area contributed by atoms with Crippen LogP contribution in [0.2, 0.25) is 0 Å². The van der Waals surface area contributed by atoms with Crippen LogP contribution in [0.25, 0.3) is 0 Å². The molecule has 0 radical (unpaired) electrons. The molecule has 0 spiro atoms. The van der Waals surface area contributed by atoms with Crippen molar-refractivity contribution >= 4 is 5.97 Å². The predicted molar refractivity (Wildman–Crippen MR) is 198 cm³/mol. The highest BCUT2D eigenvalue weighted by Crippen LogP contribution is 2.76. The maximum Gasteiger partial charge on any atom is 0.315 e. The van der Waals surface area contributed by atoms with Gasteiger partial charge in [-0.1, -0.05) is 60.1 Å². The Kier molecular flexibility index (Phi) is 10.8. The molecule has 0 aromatic rings. The Bertz CT molecular complexity index is 1480. The standard InChI is InChI=1S/C42H68O13/c1-37(2)14-16-42(36(51)55-35-33(50)31(48)29(46)24(20-44)53-35)17-15-40(6)21(22(42)18-37)8-9-26-39(5)12-11-27(38(3,4)25(39)10-13-41(26,40)7)54-34-32(49)30(47)28(45)23(19-43)52-34/h8,22-35,43-50H,9-20H2,1-7H3/t22-,23+,24-,25-,26+,27-,28+,29-,30-,31+,32+,33-,34-,35+,39-,40+,41+,42-/m0/s1. The van der Waals surface area contributed by atoms with Crippen molar-refractivity contribution in [3.05, 3.63) is 11.6 Å². The number of aliphatic hydroxyl groups is 8. The highest BCUT2D eigenvalue weighted by atomic mass is 16.7. The molecule has 6 fully saturated rings. The van der Waals surface area contributed by atoms with Crippen molar-refractivity contribution in [3.8, 4) is 0 Å². The Balaban J connectivity index is 1.16. The second-order valence-corrected chi connectivity index (χ2v) is 20.7. The molecule has 5 aliphatic carbocycles. The van der Waals surface area contributed by atoms with Crippen molar-refractivity contribution in [2.45, 2.75) is 180 Å². The molecule has 7 aliphatic rings. The zero-order valence-corrected chi connectivity index (χ0v) is 33.8. The van der Waals surface area contributed by atoms with Gasteiger partial charge in [-0.2, -0.15) is 0 Å². The van der Waals surface area contributed by atoms with Gasteiger partial charge in [-0.25, -0.2) is 0 Å². The molecular weight excluding hydrogens is 712 g/mol. The van der Waals surface area contributed by atoms with Crippen molar-refractivity contribution in [1.29, 1.82) is 0 Å². The summed E-state index contributed by atoms with van der Waals surface area (Å²) < 4.78 is 23.9.